The van der Waals surface area contributed by atoms with Gasteiger partial charge < -0.3 is 5.73 Å². The molecule has 1 nitrogen and oxygen atoms in total. The highest BCUT2D eigenvalue weighted by Crippen LogP contribution is 2.34. The Labute approximate surface area is 96.4 Å². The highest BCUT2D eigenvalue weighted by atomic mass is 32.2. The molecule has 82 valence electrons. The summed E-state index contributed by atoms with van der Waals surface area (Å²) in [6.07, 6.45) is 4.03. The first-order chi connectivity index (χ1) is 7.24. The molecule has 0 saturated heterocycles. The quantitative estimate of drug-likeness (QED) is 0.773. The fraction of sp³-hybridized carbons (Fsp3) is 0.538. The van der Waals surface area contributed by atoms with Gasteiger partial charge in [0.15, 0.2) is 0 Å². The van der Waals surface area contributed by atoms with E-state index in [0.29, 0.717) is 6.04 Å². The number of hydrogen-bond donors (Lipinski definition) is 1. The summed E-state index contributed by atoms with van der Waals surface area (Å²) >= 11 is 1.88. The van der Waals surface area contributed by atoms with Gasteiger partial charge in [-0.3, -0.25) is 0 Å². The van der Waals surface area contributed by atoms with Crippen LogP contribution in [0.3, 0.4) is 0 Å². The maximum Gasteiger partial charge on any atom is 0.0136 e. The van der Waals surface area contributed by atoms with E-state index in [1.165, 1.54) is 29.7 Å². The van der Waals surface area contributed by atoms with E-state index in [9.17, 15) is 0 Å². The predicted octanol–water partition coefficient (Wildman–Crippen LogP) is 3.21. The van der Waals surface area contributed by atoms with Gasteiger partial charge in [-0.05, 0) is 31.4 Å². The van der Waals surface area contributed by atoms with E-state index in [0.717, 1.165) is 11.7 Å². The van der Waals surface area contributed by atoms with Gasteiger partial charge in [0.25, 0.3) is 0 Å². The van der Waals surface area contributed by atoms with Crippen molar-refractivity contribution < 1.29 is 0 Å². The summed E-state index contributed by atoms with van der Waals surface area (Å²) in [4.78, 5) is 1.34. The zero-order valence-electron chi connectivity index (χ0n) is 9.28. The number of thioether (sulfide) groups is 1. The molecule has 0 radical (unpaired) electrons. The van der Waals surface area contributed by atoms with Crippen molar-refractivity contribution in [1.82, 2.24) is 0 Å². The van der Waals surface area contributed by atoms with Crippen LogP contribution in [0.1, 0.15) is 24.8 Å². The summed E-state index contributed by atoms with van der Waals surface area (Å²) in [5.74, 6) is 2.00. The third kappa shape index (κ3) is 3.88. The fourth-order valence-corrected chi connectivity index (χ4v) is 2.56. The molecule has 1 unspecified atom stereocenters. The first kappa shape index (κ1) is 11.0. The van der Waals surface area contributed by atoms with Crippen LogP contribution in [0, 0.1) is 12.8 Å². The third-order valence-corrected chi connectivity index (χ3v) is 4.02. The Morgan fingerprint density at radius 1 is 1.33 bits per heavy atom. The summed E-state index contributed by atoms with van der Waals surface area (Å²) in [6.45, 7) is 2.12. The van der Waals surface area contributed by atoms with Gasteiger partial charge in [-0.15, -0.1) is 11.8 Å². The Balaban J connectivity index is 1.74. The smallest absolute Gasteiger partial charge is 0.0136 e. The van der Waals surface area contributed by atoms with Crippen molar-refractivity contribution in [2.75, 3.05) is 5.75 Å². The van der Waals surface area contributed by atoms with Gasteiger partial charge in [0.1, 0.15) is 0 Å². The van der Waals surface area contributed by atoms with Gasteiger partial charge in [0.05, 0.1) is 0 Å². The molecule has 1 aromatic carbocycles. The van der Waals surface area contributed by atoms with Gasteiger partial charge in [-0.25, -0.2) is 0 Å². The number of rotatable bonds is 5. The van der Waals surface area contributed by atoms with Crippen molar-refractivity contribution in [2.45, 2.75) is 37.1 Å². The molecule has 0 aliphatic heterocycles. The van der Waals surface area contributed by atoms with Crippen LogP contribution in [0.5, 0.6) is 0 Å². The van der Waals surface area contributed by atoms with E-state index >= 15 is 0 Å². The van der Waals surface area contributed by atoms with Crippen LogP contribution in [0.2, 0.25) is 0 Å². The second-order valence-electron chi connectivity index (χ2n) is 4.56. The van der Waals surface area contributed by atoms with Gasteiger partial charge in [0.2, 0.25) is 0 Å². The number of hydrogen-bond acceptors (Lipinski definition) is 2. The topological polar surface area (TPSA) is 26.0 Å². The summed E-state index contributed by atoms with van der Waals surface area (Å²) in [6, 6.07) is 9.07. The molecule has 0 heterocycles. The molecular formula is C13H19NS. The van der Waals surface area contributed by atoms with Crippen molar-refractivity contribution in [3.05, 3.63) is 29.8 Å². The van der Waals surface area contributed by atoms with E-state index < -0.39 is 0 Å². The van der Waals surface area contributed by atoms with Crippen molar-refractivity contribution in [1.29, 1.82) is 0 Å². The summed E-state index contributed by atoms with van der Waals surface area (Å²) in [5.41, 5.74) is 7.39. The SMILES string of the molecule is Cc1ccc(SCC(N)CC2CC2)cc1. The van der Waals surface area contributed by atoms with Crippen LogP contribution in [0.25, 0.3) is 0 Å². The van der Waals surface area contributed by atoms with Gasteiger partial charge in [-0.2, -0.15) is 0 Å². The van der Waals surface area contributed by atoms with Gasteiger partial charge in [-0.1, -0.05) is 30.5 Å². The Morgan fingerprint density at radius 3 is 2.60 bits per heavy atom. The zero-order valence-corrected chi connectivity index (χ0v) is 10.1. The van der Waals surface area contributed by atoms with Crippen molar-refractivity contribution in [3.8, 4) is 0 Å². The summed E-state index contributed by atoms with van der Waals surface area (Å²) in [5, 5.41) is 0. The van der Waals surface area contributed by atoms with Gasteiger partial charge in [0, 0.05) is 16.7 Å². The zero-order chi connectivity index (χ0) is 10.7. The standard InChI is InChI=1S/C13H19NS/c1-10-2-6-13(7-3-10)15-9-12(14)8-11-4-5-11/h2-3,6-7,11-12H,4-5,8-9,14H2,1H3. The van der Waals surface area contributed by atoms with Gasteiger partial charge >= 0.3 is 0 Å². The fourth-order valence-electron chi connectivity index (χ4n) is 1.69. The average Bonchev–Trinajstić information content (AvgIpc) is 3.01. The third-order valence-electron chi connectivity index (χ3n) is 2.82. The lowest BCUT2D eigenvalue weighted by Gasteiger charge is -2.10. The normalized spacial score (nSPS) is 17.7. The van der Waals surface area contributed by atoms with E-state index in [-0.39, 0.29) is 0 Å². The average molecular weight is 221 g/mol. The van der Waals surface area contributed by atoms with E-state index in [1.54, 1.807) is 0 Å². The van der Waals surface area contributed by atoms with Crippen LogP contribution in [-0.4, -0.2) is 11.8 Å². The lowest BCUT2D eigenvalue weighted by Crippen LogP contribution is -2.23. The molecule has 1 atom stereocenters. The first-order valence-corrected chi connectivity index (χ1v) is 6.67. The monoisotopic (exact) mass is 221 g/mol. The second-order valence-corrected chi connectivity index (χ2v) is 5.66. The molecule has 1 aliphatic carbocycles. The highest BCUT2D eigenvalue weighted by molar-refractivity contribution is 7.99. The Kier molecular flexibility index (Phi) is 3.71. The molecule has 0 aromatic heterocycles. The predicted molar refractivity (Wildman–Crippen MR) is 67.2 cm³/mol. The molecule has 15 heavy (non-hydrogen) atoms. The van der Waals surface area contributed by atoms with Crippen molar-refractivity contribution in [2.24, 2.45) is 11.7 Å². The van der Waals surface area contributed by atoms with Crippen molar-refractivity contribution >= 4 is 11.8 Å². The minimum absolute atomic E-state index is 0.379. The summed E-state index contributed by atoms with van der Waals surface area (Å²) in [7, 11) is 0. The summed E-state index contributed by atoms with van der Waals surface area (Å²) < 4.78 is 0. The molecular weight excluding hydrogens is 202 g/mol. The lowest BCUT2D eigenvalue weighted by molar-refractivity contribution is 0.617. The molecule has 0 bridgehead atoms. The van der Waals surface area contributed by atoms with Crippen molar-refractivity contribution in [3.63, 3.8) is 0 Å². The lowest BCUT2D eigenvalue weighted by atomic mass is 10.2. The molecule has 2 N–H and O–H groups in total. The van der Waals surface area contributed by atoms with Crippen LogP contribution < -0.4 is 5.73 Å². The Hall–Kier alpha value is -0.470. The molecule has 1 aliphatic rings. The minimum atomic E-state index is 0.379. The molecule has 0 spiro atoms. The Bertz CT molecular complexity index is 303. The largest absolute Gasteiger partial charge is 0.327 e. The molecule has 1 saturated carbocycles. The van der Waals surface area contributed by atoms with Crippen LogP contribution >= 0.6 is 11.8 Å². The maximum atomic E-state index is 6.07. The van der Waals surface area contributed by atoms with Crippen LogP contribution in [-0.2, 0) is 0 Å². The van der Waals surface area contributed by atoms with E-state index in [4.69, 9.17) is 5.73 Å². The van der Waals surface area contributed by atoms with E-state index in [1.807, 2.05) is 11.8 Å². The number of benzene rings is 1. The molecule has 2 heteroatoms. The number of aryl methyl sites for hydroxylation is 1. The number of nitrogens with two attached hydrogens (primary N) is 1. The van der Waals surface area contributed by atoms with Crippen LogP contribution in [0.4, 0.5) is 0 Å². The second kappa shape index (κ2) is 5.04. The Morgan fingerprint density at radius 2 is 2.00 bits per heavy atom. The minimum Gasteiger partial charge on any atom is -0.327 e. The maximum absolute atomic E-state index is 6.07. The molecule has 2 rings (SSSR count). The first-order valence-electron chi connectivity index (χ1n) is 5.69. The van der Waals surface area contributed by atoms with Crippen LogP contribution in [0.15, 0.2) is 29.2 Å². The van der Waals surface area contributed by atoms with E-state index in [2.05, 4.69) is 31.2 Å². The highest BCUT2D eigenvalue weighted by Gasteiger charge is 2.23. The molecule has 1 aromatic rings. The molecule has 0 amide bonds. The molecule has 1 fully saturated rings.